The van der Waals surface area contributed by atoms with Crippen LogP contribution in [0.2, 0.25) is 0 Å². The first-order chi connectivity index (χ1) is 10.1. The van der Waals surface area contributed by atoms with Crippen LogP contribution in [-0.2, 0) is 0 Å². The molecular formula is C19H36N2. The molecule has 0 bridgehead atoms. The molecule has 2 atom stereocenters. The van der Waals surface area contributed by atoms with Crippen LogP contribution >= 0.6 is 0 Å². The summed E-state index contributed by atoms with van der Waals surface area (Å²) in [7, 11) is 0. The van der Waals surface area contributed by atoms with Crippen LogP contribution < -0.4 is 5.32 Å². The van der Waals surface area contributed by atoms with Crippen molar-refractivity contribution in [2.45, 2.75) is 77.8 Å². The largest absolute Gasteiger partial charge is 0.312 e. The Balaban J connectivity index is 1.51. The fourth-order valence-electron chi connectivity index (χ4n) is 4.81. The standard InChI is InChI=1S/C19H36N2/c1-14(2)17-10-18(20-11-16-6-4-5-7-16)13-21(12-17)19-8-15(3)9-19/h14-20H,4-13H2,1-3H3. The van der Waals surface area contributed by atoms with E-state index in [1.807, 2.05) is 0 Å². The number of likely N-dealkylation sites (tertiary alicyclic amines) is 1. The van der Waals surface area contributed by atoms with Gasteiger partial charge in [0.05, 0.1) is 0 Å². The fourth-order valence-corrected chi connectivity index (χ4v) is 4.81. The van der Waals surface area contributed by atoms with Crippen molar-refractivity contribution >= 4 is 0 Å². The molecule has 122 valence electrons. The van der Waals surface area contributed by atoms with Crippen LogP contribution in [0.1, 0.15) is 65.7 Å². The zero-order valence-electron chi connectivity index (χ0n) is 14.5. The van der Waals surface area contributed by atoms with E-state index >= 15 is 0 Å². The number of rotatable bonds is 5. The molecule has 1 saturated heterocycles. The predicted molar refractivity (Wildman–Crippen MR) is 90.5 cm³/mol. The van der Waals surface area contributed by atoms with Crippen molar-refractivity contribution in [3.63, 3.8) is 0 Å². The molecule has 0 aromatic heterocycles. The zero-order chi connectivity index (χ0) is 14.8. The van der Waals surface area contributed by atoms with Crippen molar-refractivity contribution in [1.29, 1.82) is 0 Å². The van der Waals surface area contributed by atoms with E-state index in [2.05, 4.69) is 31.0 Å². The van der Waals surface area contributed by atoms with Gasteiger partial charge >= 0.3 is 0 Å². The molecule has 3 aliphatic rings. The van der Waals surface area contributed by atoms with Crippen LogP contribution in [0.15, 0.2) is 0 Å². The average Bonchev–Trinajstić information content (AvgIpc) is 2.94. The molecule has 0 aromatic rings. The van der Waals surface area contributed by atoms with Gasteiger partial charge in [0.1, 0.15) is 0 Å². The summed E-state index contributed by atoms with van der Waals surface area (Å²) in [6.45, 7) is 11.2. The van der Waals surface area contributed by atoms with E-state index < -0.39 is 0 Å². The summed E-state index contributed by atoms with van der Waals surface area (Å²) in [6, 6.07) is 1.65. The molecule has 21 heavy (non-hydrogen) atoms. The van der Waals surface area contributed by atoms with Crippen LogP contribution in [0.5, 0.6) is 0 Å². The van der Waals surface area contributed by atoms with E-state index in [0.717, 1.165) is 35.8 Å². The van der Waals surface area contributed by atoms with Crippen LogP contribution in [0.3, 0.4) is 0 Å². The quantitative estimate of drug-likeness (QED) is 0.826. The van der Waals surface area contributed by atoms with Gasteiger partial charge in [0, 0.05) is 25.2 Å². The minimum atomic E-state index is 0.752. The maximum Gasteiger partial charge on any atom is 0.0198 e. The number of nitrogens with one attached hydrogen (secondary N) is 1. The predicted octanol–water partition coefficient (Wildman–Crippen LogP) is 3.91. The van der Waals surface area contributed by atoms with Gasteiger partial charge in [-0.2, -0.15) is 0 Å². The maximum atomic E-state index is 3.95. The number of piperidine rings is 1. The summed E-state index contributed by atoms with van der Waals surface area (Å²) in [5.74, 6) is 3.68. The highest BCUT2D eigenvalue weighted by Crippen LogP contribution is 2.35. The number of hydrogen-bond donors (Lipinski definition) is 1. The van der Waals surface area contributed by atoms with Crippen molar-refractivity contribution in [1.82, 2.24) is 10.2 Å². The number of nitrogens with zero attached hydrogens (tertiary/aromatic N) is 1. The Morgan fingerprint density at radius 3 is 2.38 bits per heavy atom. The minimum absolute atomic E-state index is 0.752. The first-order valence-corrected chi connectivity index (χ1v) is 9.59. The molecule has 0 amide bonds. The Kier molecular flexibility index (Phi) is 5.27. The van der Waals surface area contributed by atoms with Crippen LogP contribution in [0.25, 0.3) is 0 Å². The van der Waals surface area contributed by atoms with Gasteiger partial charge in [0.15, 0.2) is 0 Å². The zero-order valence-corrected chi connectivity index (χ0v) is 14.5. The van der Waals surface area contributed by atoms with Crippen molar-refractivity contribution in [3.05, 3.63) is 0 Å². The molecule has 0 aromatic carbocycles. The molecule has 3 fully saturated rings. The molecule has 0 spiro atoms. The van der Waals surface area contributed by atoms with E-state index in [4.69, 9.17) is 0 Å². The van der Waals surface area contributed by atoms with Gasteiger partial charge in [-0.3, -0.25) is 4.90 Å². The third kappa shape index (κ3) is 4.01. The van der Waals surface area contributed by atoms with Gasteiger partial charge < -0.3 is 5.32 Å². The smallest absolute Gasteiger partial charge is 0.0198 e. The topological polar surface area (TPSA) is 15.3 Å². The van der Waals surface area contributed by atoms with Gasteiger partial charge in [0.25, 0.3) is 0 Å². The van der Waals surface area contributed by atoms with E-state index in [9.17, 15) is 0 Å². The maximum absolute atomic E-state index is 3.95. The second-order valence-electron chi connectivity index (χ2n) is 8.68. The lowest BCUT2D eigenvalue weighted by atomic mass is 9.77. The monoisotopic (exact) mass is 292 g/mol. The highest BCUT2D eigenvalue weighted by Gasteiger charge is 2.37. The lowest BCUT2D eigenvalue weighted by Crippen LogP contribution is -2.56. The molecule has 0 radical (unpaired) electrons. The van der Waals surface area contributed by atoms with E-state index in [-0.39, 0.29) is 0 Å². The van der Waals surface area contributed by atoms with Crippen LogP contribution in [0.4, 0.5) is 0 Å². The molecule has 2 heteroatoms. The summed E-state index contributed by atoms with van der Waals surface area (Å²) in [5.41, 5.74) is 0. The van der Waals surface area contributed by atoms with Gasteiger partial charge in [-0.05, 0) is 62.3 Å². The lowest BCUT2D eigenvalue weighted by molar-refractivity contribution is 0.0228. The summed E-state index contributed by atoms with van der Waals surface area (Å²) in [4.78, 5) is 2.83. The molecule has 2 unspecified atom stereocenters. The SMILES string of the molecule is CC1CC(N2CC(NCC3CCCC3)CC(C(C)C)C2)C1. The Labute approximate surface area is 132 Å². The molecule has 1 aliphatic heterocycles. The first-order valence-electron chi connectivity index (χ1n) is 9.59. The van der Waals surface area contributed by atoms with Gasteiger partial charge in [0.2, 0.25) is 0 Å². The Morgan fingerprint density at radius 2 is 1.76 bits per heavy atom. The first kappa shape index (κ1) is 15.8. The third-order valence-corrected chi connectivity index (χ3v) is 6.49. The van der Waals surface area contributed by atoms with E-state index in [1.165, 1.54) is 64.6 Å². The Hall–Kier alpha value is -0.0800. The highest BCUT2D eigenvalue weighted by molar-refractivity contribution is 4.93. The van der Waals surface area contributed by atoms with Crippen molar-refractivity contribution in [3.8, 4) is 0 Å². The molecule has 2 aliphatic carbocycles. The summed E-state index contributed by atoms with van der Waals surface area (Å²) < 4.78 is 0. The Morgan fingerprint density at radius 1 is 1.05 bits per heavy atom. The van der Waals surface area contributed by atoms with Gasteiger partial charge in [-0.15, -0.1) is 0 Å². The van der Waals surface area contributed by atoms with Crippen molar-refractivity contribution in [2.24, 2.45) is 23.7 Å². The Bertz CT molecular complexity index is 316. The molecule has 1 heterocycles. The molecule has 2 saturated carbocycles. The lowest BCUT2D eigenvalue weighted by Gasteiger charge is -2.48. The third-order valence-electron chi connectivity index (χ3n) is 6.49. The molecule has 3 rings (SSSR count). The summed E-state index contributed by atoms with van der Waals surface area (Å²) in [6.07, 6.45) is 10.2. The summed E-state index contributed by atoms with van der Waals surface area (Å²) in [5, 5.41) is 3.95. The fraction of sp³-hybridized carbons (Fsp3) is 1.00. The van der Waals surface area contributed by atoms with Gasteiger partial charge in [-0.25, -0.2) is 0 Å². The molecular weight excluding hydrogens is 256 g/mol. The number of hydrogen-bond acceptors (Lipinski definition) is 2. The summed E-state index contributed by atoms with van der Waals surface area (Å²) >= 11 is 0. The minimum Gasteiger partial charge on any atom is -0.312 e. The van der Waals surface area contributed by atoms with Gasteiger partial charge in [-0.1, -0.05) is 33.6 Å². The van der Waals surface area contributed by atoms with Crippen molar-refractivity contribution < 1.29 is 0 Å². The van der Waals surface area contributed by atoms with Crippen LogP contribution in [-0.4, -0.2) is 36.6 Å². The van der Waals surface area contributed by atoms with Crippen molar-refractivity contribution in [2.75, 3.05) is 19.6 Å². The van der Waals surface area contributed by atoms with Crippen LogP contribution in [0, 0.1) is 23.7 Å². The normalized spacial score (nSPS) is 38.9. The highest BCUT2D eigenvalue weighted by atomic mass is 15.2. The molecule has 1 N–H and O–H groups in total. The second-order valence-corrected chi connectivity index (χ2v) is 8.68. The van der Waals surface area contributed by atoms with E-state index in [0.29, 0.717) is 0 Å². The average molecular weight is 293 g/mol. The second kappa shape index (κ2) is 7.00. The van der Waals surface area contributed by atoms with E-state index in [1.54, 1.807) is 0 Å². The molecule has 2 nitrogen and oxygen atoms in total.